The Morgan fingerprint density at radius 2 is 2.15 bits per heavy atom. The molecule has 144 valence electrons. The minimum Gasteiger partial charge on any atom is -0.414 e. The number of thiazole rings is 1. The van der Waals surface area contributed by atoms with Gasteiger partial charge in [-0.1, -0.05) is 18.5 Å². The summed E-state index contributed by atoms with van der Waals surface area (Å²) in [6, 6.07) is 4.04. The summed E-state index contributed by atoms with van der Waals surface area (Å²) < 4.78 is 57.4. The first-order chi connectivity index (χ1) is 12.9. The van der Waals surface area contributed by atoms with Crippen LogP contribution >= 0.6 is 22.9 Å². The van der Waals surface area contributed by atoms with Gasteiger partial charge in [-0.05, 0) is 18.2 Å². The van der Waals surface area contributed by atoms with Crippen LogP contribution < -0.4 is 4.31 Å². The van der Waals surface area contributed by atoms with E-state index in [9.17, 15) is 17.4 Å². The van der Waals surface area contributed by atoms with Crippen molar-refractivity contribution in [3.8, 4) is 10.8 Å². The van der Waals surface area contributed by atoms with E-state index in [-0.39, 0.29) is 17.5 Å². The number of nitrogens with zero attached hydrogens (tertiary/aromatic N) is 4. The molecule has 0 aliphatic heterocycles. The molecule has 0 bridgehead atoms. The van der Waals surface area contributed by atoms with Crippen molar-refractivity contribution in [3.63, 3.8) is 0 Å². The average Bonchev–Trinajstić information content (AvgIpc) is 3.30. The van der Waals surface area contributed by atoms with Crippen molar-refractivity contribution in [1.29, 1.82) is 0 Å². The van der Waals surface area contributed by atoms with Gasteiger partial charge in [0.1, 0.15) is 26.7 Å². The lowest BCUT2D eigenvalue weighted by molar-refractivity contribution is 0.116. The van der Waals surface area contributed by atoms with Crippen LogP contribution in [0.1, 0.15) is 24.2 Å². The van der Waals surface area contributed by atoms with E-state index in [4.69, 9.17) is 16.0 Å². The van der Waals surface area contributed by atoms with E-state index in [0.717, 1.165) is 11.3 Å². The predicted molar refractivity (Wildman–Crippen MR) is 96.6 cm³/mol. The lowest BCUT2D eigenvalue weighted by Gasteiger charge is -2.22. The van der Waals surface area contributed by atoms with Crippen LogP contribution in [0.3, 0.4) is 0 Å². The maximum Gasteiger partial charge on any atom is 0.314 e. The van der Waals surface area contributed by atoms with Crippen LogP contribution in [0.5, 0.6) is 0 Å². The molecule has 27 heavy (non-hydrogen) atoms. The van der Waals surface area contributed by atoms with Crippen LogP contribution in [0.15, 0.2) is 28.8 Å². The van der Waals surface area contributed by atoms with Crippen LogP contribution in [0, 0.1) is 5.82 Å². The summed E-state index contributed by atoms with van der Waals surface area (Å²) >= 11 is 6.95. The Hall–Kier alpha value is -1.98. The molecule has 2 heterocycles. The molecule has 0 spiro atoms. The molecule has 6 nitrogen and oxygen atoms in total. The van der Waals surface area contributed by atoms with Gasteiger partial charge in [-0.2, -0.15) is 8.78 Å². The van der Waals surface area contributed by atoms with Gasteiger partial charge in [0.15, 0.2) is 0 Å². The number of alkyl halides is 2. The van der Waals surface area contributed by atoms with Crippen LogP contribution in [0.25, 0.3) is 10.8 Å². The van der Waals surface area contributed by atoms with E-state index in [1.807, 2.05) is 0 Å². The lowest BCUT2D eigenvalue weighted by Crippen LogP contribution is -2.26. The summed E-state index contributed by atoms with van der Waals surface area (Å²) in [5, 5.41) is 7.29. The summed E-state index contributed by atoms with van der Waals surface area (Å²) in [7, 11) is -1.40. The third-order valence-electron chi connectivity index (χ3n) is 3.35. The first-order valence-electron chi connectivity index (χ1n) is 7.56. The van der Waals surface area contributed by atoms with E-state index in [1.54, 1.807) is 6.92 Å². The van der Waals surface area contributed by atoms with E-state index >= 15 is 0 Å². The molecule has 1 atom stereocenters. The quantitative estimate of drug-likeness (QED) is 0.540. The van der Waals surface area contributed by atoms with Gasteiger partial charge in [0.2, 0.25) is 0 Å². The molecule has 1 aromatic carbocycles. The number of anilines is 1. The van der Waals surface area contributed by atoms with Gasteiger partial charge in [0.05, 0.1) is 23.5 Å². The summed E-state index contributed by atoms with van der Waals surface area (Å²) in [4.78, 5) is 4.60. The van der Waals surface area contributed by atoms with Gasteiger partial charge in [0.25, 0.3) is 11.8 Å². The SMILES string of the molecule is CCS(=O)N(Cc1ncc(-c2nnc(C(F)F)o2)s1)c1ccc(F)c(Cl)c1. The van der Waals surface area contributed by atoms with Crippen LogP contribution in [-0.2, 0) is 17.5 Å². The van der Waals surface area contributed by atoms with Crippen molar-refractivity contribution in [2.45, 2.75) is 19.9 Å². The van der Waals surface area contributed by atoms with Gasteiger partial charge >= 0.3 is 6.43 Å². The molecule has 0 N–H and O–H groups in total. The van der Waals surface area contributed by atoms with Gasteiger partial charge < -0.3 is 4.42 Å². The standard InChI is InChI=1S/C15H12ClF3N4O2S2/c1-2-27(24)23(8-3-4-10(17)9(16)5-8)7-12-20-6-11(26-12)14-21-22-15(25-14)13(18)19/h3-6,13H,2,7H2,1H3. The summed E-state index contributed by atoms with van der Waals surface area (Å²) in [5.41, 5.74) is 0.469. The molecule has 0 amide bonds. The Morgan fingerprint density at radius 1 is 1.37 bits per heavy atom. The molecule has 0 fully saturated rings. The second kappa shape index (κ2) is 8.36. The number of hydrogen-bond acceptors (Lipinski definition) is 6. The zero-order valence-corrected chi connectivity index (χ0v) is 16.1. The first-order valence-corrected chi connectivity index (χ1v) is 10.0. The molecule has 1 unspecified atom stereocenters. The molecule has 0 aliphatic carbocycles. The topological polar surface area (TPSA) is 72.1 Å². The Kier molecular flexibility index (Phi) is 6.12. The van der Waals surface area contributed by atoms with Gasteiger partial charge in [-0.25, -0.2) is 13.6 Å². The third kappa shape index (κ3) is 4.47. The van der Waals surface area contributed by atoms with Crippen molar-refractivity contribution in [2.24, 2.45) is 0 Å². The Labute approximate surface area is 163 Å². The van der Waals surface area contributed by atoms with Crippen LogP contribution in [-0.4, -0.2) is 25.1 Å². The second-order valence-corrected chi connectivity index (χ2v) is 8.29. The Morgan fingerprint density at radius 3 is 2.78 bits per heavy atom. The number of halogens is 4. The van der Waals surface area contributed by atoms with E-state index in [0.29, 0.717) is 21.3 Å². The van der Waals surface area contributed by atoms with Crippen molar-refractivity contribution in [2.75, 3.05) is 10.1 Å². The molecule has 3 rings (SSSR count). The first kappa shape index (κ1) is 19.8. The summed E-state index contributed by atoms with van der Waals surface area (Å²) in [6.07, 6.45) is -1.45. The molecule has 0 saturated heterocycles. The molecule has 2 aromatic heterocycles. The largest absolute Gasteiger partial charge is 0.414 e. The number of aromatic nitrogens is 3. The summed E-state index contributed by atoms with van der Waals surface area (Å²) in [6.45, 7) is 1.88. The van der Waals surface area contributed by atoms with E-state index in [2.05, 4.69) is 15.2 Å². The zero-order valence-electron chi connectivity index (χ0n) is 13.7. The molecule has 3 aromatic rings. The lowest BCUT2D eigenvalue weighted by atomic mass is 10.3. The monoisotopic (exact) mass is 436 g/mol. The second-order valence-electron chi connectivity index (χ2n) is 5.11. The smallest absolute Gasteiger partial charge is 0.314 e. The van der Waals surface area contributed by atoms with Crippen molar-refractivity contribution in [3.05, 3.63) is 46.1 Å². The van der Waals surface area contributed by atoms with Crippen LogP contribution in [0.4, 0.5) is 18.9 Å². The highest BCUT2D eigenvalue weighted by Crippen LogP contribution is 2.30. The minimum absolute atomic E-state index is 0.0676. The Balaban J connectivity index is 1.85. The van der Waals surface area contributed by atoms with Crippen molar-refractivity contribution in [1.82, 2.24) is 15.2 Å². The fourth-order valence-corrected chi connectivity index (χ4v) is 4.12. The number of rotatable bonds is 7. The maximum absolute atomic E-state index is 13.4. The van der Waals surface area contributed by atoms with E-state index in [1.165, 1.54) is 28.7 Å². The summed E-state index contributed by atoms with van der Waals surface area (Å²) in [5.74, 6) is -1.09. The van der Waals surface area contributed by atoms with E-state index < -0.39 is 29.1 Å². The third-order valence-corrected chi connectivity index (χ3v) is 5.94. The molecule has 0 saturated carbocycles. The molecule has 0 aliphatic rings. The highest BCUT2D eigenvalue weighted by atomic mass is 35.5. The average molecular weight is 437 g/mol. The minimum atomic E-state index is -2.86. The van der Waals surface area contributed by atoms with Crippen LogP contribution in [0.2, 0.25) is 5.02 Å². The number of benzene rings is 1. The van der Waals surface area contributed by atoms with Gasteiger partial charge in [-0.3, -0.25) is 4.31 Å². The van der Waals surface area contributed by atoms with Gasteiger partial charge in [-0.15, -0.1) is 21.5 Å². The van der Waals surface area contributed by atoms with Crippen molar-refractivity contribution < 1.29 is 21.8 Å². The maximum atomic E-state index is 13.4. The van der Waals surface area contributed by atoms with Gasteiger partial charge in [0, 0.05) is 5.75 Å². The molecular formula is C15H12ClF3N4O2S2. The zero-order chi connectivity index (χ0) is 19.6. The Bertz CT molecular complexity index is 966. The molecule has 0 radical (unpaired) electrons. The predicted octanol–water partition coefficient (Wildman–Crippen LogP) is 4.61. The fraction of sp³-hybridized carbons (Fsp3) is 0.267. The normalized spacial score (nSPS) is 12.5. The molecule has 12 heteroatoms. The highest BCUT2D eigenvalue weighted by molar-refractivity contribution is 7.86. The molecular weight excluding hydrogens is 425 g/mol. The fourth-order valence-electron chi connectivity index (χ4n) is 2.10. The highest BCUT2D eigenvalue weighted by Gasteiger charge is 2.20. The van der Waals surface area contributed by atoms with Crippen molar-refractivity contribution >= 4 is 39.6 Å². The number of hydrogen-bond donors (Lipinski definition) is 0.